The van der Waals surface area contributed by atoms with Crippen LogP contribution in [0.15, 0.2) is 10.5 Å². The second-order valence-corrected chi connectivity index (χ2v) is 8.13. The number of furan rings is 1. The van der Waals surface area contributed by atoms with Gasteiger partial charge >= 0.3 is 7.12 Å². The third-order valence-corrected chi connectivity index (χ3v) is 5.87. The summed E-state index contributed by atoms with van der Waals surface area (Å²) < 4.78 is 18.5. The molecule has 1 aliphatic carbocycles. The summed E-state index contributed by atoms with van der Waals surface area (Å²) in [5.41, 5.74) is 0.124. The largest absolute Gasteiger partial charge is 0.498 e. The summed E-state index contributed by atoms with van der Waals surface area (Å²) in [7, 11) is -0.464. The lowest BCUT2D eigenvalue weighted by molar-refractivity contribution is 0.00578. The van der Waals surface area contributed by atoms with Crippen LogP contribution in [0.5, 0.6) is 0 Å². The second kappa shape index (κ2) is 6.34. The Morgan fingerprint density at radius 1 is 1.12 bits per heavy atom. The Labute approximate surface area is 145 Å². The van der Waals surface area contributed by atoms with Crippen LogP contribution in [0.1, 0.15) is 95.4 Å². The van der Waals surface area contributed by atoms with E-state index in [9.17, 15) is 4.79 Å². The molecule has 0 bridgehead atoms. The van der Waals surface area contributed by atoms with Gasteiger partial charge in [0, 0.05) is 17.8 Å². The molecule has 5 heteroatoms. The normalized spacial score (nSPS) is 23.6. The van der Waals surface area contributed by atoms with E-state index in [0.29, 0.717) is 18.1 Å². The summed E-state index contributed by atoms with van der Waals surface area (Å²) in [4.78, 5) is 12.2. The van der Waals surface area contributed by atoms with E-state index in [1.807, 2.05) is 40.7 Å². The van der Waals surface area contributed by atoms with Crippen LogP contribution < -0.4 is 5.46 Å². The SMILES string of the molecule is CCC(=O)c1cc(B2OC(C)(C)C(C)(C)O2)c(C2CCCCC2)o1. The Kier molecular flexibility index (Phi) is 4.69. The van der Waals surface area contributed by atoms with E-state index < -0.39 is 18.3 Å². The lowest BCUT2D eigenvalue weighted by atomic mass is 9.74. The van der Waals surface area contributed by atoms with Crippen molar-refractivity contribution in [1.82, 2.24) is 0 Å². The van der Waals surface area contributed by atoms with Gasteiger partial charge < -0.3 is 13.7 Å². The molecule has 24 heavy (non-hydrogen) atoms. The summed E-state index contributed by atoms with van der Waals surface area (Å²) in [5.74, 6) is 1.76. The van der Waals surface area contributed by atoms with Crippen molar-refractivity contribution >= 4 is 18.4 Å². The first-order chi connectivity index (χ1) is 11.2. The Morgan fingerprint density at radius 3 is 2.25 bits per heavy atom. The van der Waals surface area contributed by atoms with Crippen molar-refractivity contribution in [3.8, 4) is 0 Å². The van der Waals surface area contributed by atoms with Gasteiger partial charge in [0.15, 0.2) is 11.5 Å². The first kappa shape index (κ1) is 17.7. The van der Waals surface area contributed by atoms with Crippen molar-refractivity contribution in [2.24, 2.45) is 0 Å². The summed E-state index contributed by atoms with van der Waals surface area (Å²) in [6.07, 6.45) is 6.38. The smallest absolute Gasteiger partial charge is 0.458 e. The summed E-state index contributed by atoms with van der Waals surface area (Å²) >= 11 is 0. The second-order valence-electron chi connectivity index (χ2n) is 8.13. The molecule has 0 N–H and O–H groups in total. The standard InChI is InChI=1S/C19H29BO4/c1-6-15(21)16-12-14(17(22-16)13-10-8-7-9-11-13)20-23-18(2,3)19(4,5)24-20/h12-13H,6-11H2,1-5H3. The van der Waals surface area contributed by atoms with Crippen LogP contribution in [-0.4, -0.2) is 24.1 Å². The van der Waals surface area contributed by atoms with Crippen molar-refractivity contribution in [3.63, 3.8) is 0 Å². The minimum Gasteiger partial charge on any atom is -0.458 e. The van der Waals surface area contributed by atoms with Gasteiger partial charge in [0.25, 0.3) is 0 Å². The van der Waals surface area contributed by atoms with E-state index in [1.165, 1.54) is 19.3 Å². The van der Waals surface area contributed by atoms with Gasteiger partial charge in [-0.25, -0.2) is 0 Å². The maximum absolute atomic E-state index is 12.2. The molecule has 1 aromatic rings. The number of Topliss-reactive ketones (excluding diaryl/α,β-unsaturated/α-hetero) is 1. The summed E-state index contributed by atoms with van der Waals surface area (Å²) in [5, 5.41) is 0. The minimum atomic E-state index is -0.464. The highest BCUT2D eigenvalue weighted by Crippen LogP contribution is 2.39. The molecule has 0 radical (unpaired) electrons. The monoisotopic (exact) mass is 332 g/mol. The average molecular weight is 332 g/mol. The Morgan fingerprint density at radius 2 is 1.71 bits per heavy atom. The fraction of sp³-hybridized carbons (Fsp3) is 0.737. The fourth-order valence-electron chi connectivity index (χ4n) is 3.57. The van der Waals surface area contributed by atoms with Crippen molar-refractivity contribution in [3.05, 3.63) is 17.6 Å². The van der Waals surface area contributed by atoms with Gasteiger partial charge in [-0.1, -0.05) is 26.2 Å². The number of rotatable bonds is 4. The number of hydrogen-bond acceptors (Lipinski definition) is 4. The molecule has 1 saturated carbocycles. The molecule has 1 aromatic heterocycles. The van der Waals surface area contributed by atoms with Gasteiger partial charge in [0.2, 0.25) is 0 Å². The number of ketones is 1. The molecule has 2 heterocycles. The Balaban J connectivity index is 1.96. The van der Waals surface area contributed by atoms with E-state index in [-0.39, 0.29) is 5.78 Å². The van der Waals surface area contributed by atoms with Gasteiger partial charge in [-0.15, -0.1) is 0 Å². The van der Waals surface area contributed by atoms with Crippen LogP contribution in [0.4, 0.5) is 0 Å². The molecular formula is C19H29BO4. The molecule has 2 fully saturated rings. The van der Waals surface area contributed by atoms with Crippen LogP contribution >= 0.6 is 0 Å². The van der Waals surface area contributed by atoms with Crippen molar-refractivity contribution in [2.75, 3.05) is 0 Å². The van der Waals surface area contributed by atoms with E-state index in [4.69, 9.17) is 13.7 Å². The van der Waals surface area contributed by atoms with Gasteiger partial charge in [-0.3, -0.25) is 4.79 Å². The molecular weight excluding hydrogens is 303 g/mol. The van der Waals surface area contributed by atoms with E-state index in [2.05, 4.69) is 0 Å². The zero-order valence-electron chi connectivity index (χ0n) is 15.6. The molecule has 132 valence electrons. The van der Waals surface area contributed by atoms with Gasteiger partial charge in [-0.05, 0) is 46.6 Å². The maximum Gasteiger partial charge on any atom is 0.498 e. The highest BCUT2D eigenvalue weighted by atomic mass is 16.7. The Hall–Kier alpha value is -1.07. The summed E-state index contributed by atoms with van der Waals surface area (Å²) in [6.45, 7) is 10.0. The predicted molar refractivity (Wildman–Crippen MR) is 94.9 cm³/mol. The van der Waals surface area contributed by atoms with Crippen LogP contribution in [-0.2, 0) is 9.31 Å². The van der Waals surface area contributed by atoms with Gasteiger partial charge in [-0.2, -0.15) is 0 Å². The zero-order valence-corrected chi connectivity index (χ0v) is 15.6. The van der Waals surface area contributed by atoms with Crippen molar-refractivity contribution in [1.29, 1.82) is 0 Å². The fourth-order valence-corrected chi connectivity index (χ4v) is 3.57. The topological polar surface area (TPSA) is 48.7 Å². The number of hydrogen-bond donors (Lipinski definition) is 0. The molecule has 0 spiro atoms. The van der Waals surface area contributed by atoms with Gasteiger partial charge in [0.1, 0.15) is 5.76 Å². The quantitative estimate of drug-likeness (QED) is 0.612. The molecule has 4 nitrogen and oxygen atoms in total. The predicted octanol–water partition coefficient (Wildman–Crippen LogP) is 4.22. The average Bonchev–Trinajstić information content (AvgIpc) is 3.07. The summed E-state index contributed by atoms with van der Waals surface area (Å²) in [6, 6.07) is 1.86. The highest BCUT2D eigenvalue weighted by molar-refractivity contribution is 6.62. The molecule has 3 rings (SSSR count). The molecule has 2 aliphatic rings. The molecule has 1 aliphatic heterocycles. The van der Waals surface area contributed by atoms with E-state index in [0.717, 1.165) is 24.1 Å². The van der Waals surface area contributed by atoms with E-state index >= 15 is 0 Å². The first-order valence-electron chi connectivity index (χ1n) is 9.27. The molecule has 0 unspecified atom stereocenters. The first-order valence-corrected chi connectivity index (χ1v) is 9.27. The molecule has 0 atom stereocenters. The van der Waals surface area contributed by atoms with Gasteiger partial charge in [0.05, 0.1) is 11.2 Å². The third-order valence-electron chi connectivity index (χ3n) is 5.87. The minimum absolute atomic E-state index is 0.0369. The van der Waals surface area contributed by atoms with Crippen LogP contribution in [0, 0.1) is 0 Å². The van der Waals surface area contributed by atoms with Crippen LogP contribution in [0.25, 0.3) is 0 Å². The maximum atomic E-state index is 12.2. The lowest BCUT2D eigenvalue weighted by Gasteiger charge is -2.32. The van der Waals surface area contributed by atoms with Crippen LogP contribution in [0.3, 0.4) is 0 Å². The number of carbonyl (C=O) groups excluding carboxylic acids is 1. The Bertz CT molecular complexity index is 595. The highest BCUT2D eigenvalue weighted by Gasteiger charge is 2.53. The lowest BCUT2D eigenvalue weighted by Crippen LogP contribution is -2.41. The third kappa shape index (κ3) is 3.08. The molecule has 0 amide bonds. The zero-order chi connectivity index (χ0) is 17.5. The van der Waals surface area contributed by atoms with Crippen molar-refractivity contribution < 1.29 is 18.5 Å². The molecule has 0 aromatic carbocycles. The number of carbonyl (C=O) groups is 1. The van der Waals surface area contributed by atoms with Crippen LogP contribution in [0.2, 0.25) is 0 Å². The van der Waals surface area contributed by atoms with E-state index in [1.54, 1.807) is 0 Å². The molecule has 1 saturated heterocycles. The van der Waals surface area contributed by atoms with Crippen molar-refractivity contribution in [2.45, 2.75) is 90.3 Å².